The largest absolute Gasteiger partial charge is 0.383 e. The van der Waals surface area contributed by atoms with Crippen molar-refractivity contribution in [3.63, 3.8) is 0 Å². The Labute approximate surface area is 115 Å². The topological polar surface area (TPSA) is 89.7 Å². The smallest absolute Gasteiger partial charge is 0.241 e. The summed E-state index contributed by atoms with van der Waals surface area (Å²) in [6.45, 7) is 0.138. The van der Waals surface area contributed by atoms with Gasteiger partial charge in [-0.05, 0) is 12.8 Å². The molecule has 3 atom stereocenters. The number of hydrogen-bond acceptors (Lipinski definition) is 5. The van der Waals surface area contributed by atoms with Crippen molar-refractivity contribution in [1.82, 2.24) is 4.90 Å². The second-order valence-electron chi connectivity index (χ2n) is 5.23. The van der Waals surface area contributed by atoms with Gasteiger partial charge in [-0.2, -0.15) is 0 Å². The highest BCUT2D eigenvalue weighted by atomic mass is 32.2. The standard InChI is InChI=1S/C12H24N2O4S/c1-14(12(15)9(13)8-18-2)10-6-4-5-7-11(10)19(3,16)17/h9-11H,4-8,13H2,1-3H3. The number of likely N-dealkylation sites (N-methyl/N-ethyl adjacent to an activating group) is 1. The summed E-state index contributed by atoms with van der Waals surface area (Å²) in [5.41, 5.74) is 5.72. The lowest BCUT2D eigenvalue weighted by atomic mass is 9.93. The summed E-state index contributed by atoms with van der Waals surface area (Å²) in [7, 11) is -0.0473. The highest BCUT2D eigenvalue weighted by Crippen LogP contribution is 2.27. The molecular weight excluding hydrogens is 268 g/mol. The lowest BCUT2D eigenvalue weighted by molar-refractivity contribution is -0.135. The first-order chi connectivity index (χ1) is 8.79. The lowest BCUT2D eigenvalue weighted by Crippen LogP contribution is -2.54. The minimum Gasteiger partial charge on any atom is -0.383 e. The molecule has 0 aromatic rings. The summed E-state index contributed by atoms with van der Waals surface area (Å²) < 4.78 is 28.5. The SMILES string of the molecule is COCC(N)C(=O)N(C)C1CCCCC1S(C)(=O)=O. The van der Waals surface area contributed by atoms with Crippen LogP contribution in [0, 0.1) is 0 Å². The number of methoxy groups -OCH3 is 1. The van der Waals surface area contributed by atoms with Crippen molar-refractivity contribution >= 4 is 15.7 Å². The molecular formula is C12H24N2O4S. The van der Waals surface area contributed by atoms with Crippen LogP contribution in [0.25, 0.3) is 0 Å². The minimum atomic E-state index is -3.16. The van der Waals surface area contributed by atoms with Gasteiger partial charge in [-0.3, -0.25) is 4.79 Å². The summed E-state index contributed by atoms with van der Waals surface area (Å²) in [5, 5.41) is -0.482. The third-order valence-electron chi connectivity index (χ3n) is 3.73. The van der Waals surface area contributed by atoms with Gasteiger partial charge in [0.25, 0.3) is 0 Å². The van der Waals surface area contributed by atoms with Crippen LogP contribution < -0.4 is 5.73 Å². The Kier molecular flexibility index (Phi) is 5.76. The summed E-state index contributed by atoms with van der Waals surface area (Å²) >= 11 is 0. The van der Waals surface area contributed by atoms with Crippen LogP contribution in [0.1, 0.15) is 25.7 Å². The number of carbonyl (C=O) groups is 1. The molecule has 1 aliphatic carbocycles. The number of rotatable bonds is 5. The lowest BCUT2D eigenvalue weighted by Gasteiger charge is -2.37. The van der Waals surface area contributed by atoms with E-state index in [2.05, 4.69) is 0 Å². The molecule has 0 aromatic heterocycles. The molecule has 0 heterocycles. The Morgan fingerprint density at radius 3 is 2.53 bits per heavy atom. The van der Waals surface area contributed by atoms with E-state index in [4.69, 9.17) is 10.5 Å². The van der Waals surface area contributed by atoms with Gasteiger partial charge in [-0.15, -0.1) is 0 Å². The van der Waals surface area contributed by atoms with E-state index in [9.17, 15) is 13.2 Å². The molecule has 1 saturated carbocycles. The molecule has 0 spiro atoms. The second kappa shape index (κ2) is 6.67. The first-order valence-electron chi connectivity index (χ1n) is 6.49. The summed E-state index contributed by atoms with van der Waals surface area (Å²) in [5.74, 6) is -0.262. The van der Waals surface area contributed by atoms with Crippen molar-refractivity contribution < 1.29 is 17.9 Å². The van der Waals surface area contributed by atoms with Crippen molar-refractivity contribution in [3.8, 4) is 0 Å². The molecule has 2 N–H and O–H groups in total. The number of hydrogen-bond donors (Lipinski definition) is 1. The summed E-state index contributed by atoms with van der Waals surface area (Å²) in [4.78, 5) is 13.6. The van der Waals surface area contributed by atoms with E-state index in [1.165, 1.54) is 18.3 Å². The average molecular weight is 292 g/mol. The monoisotopic (exact) mass is 292 g/mol. The molecule has 7 heteroatoms. The maximum Gasteiger partial charge on any atom is 0.241 e. The summed E-state index contributed by atoms with van der Waals surface area (Å²) in [6.07, 6.45) is 4.39. The van der Waals surface area contributed by atoms with E-state index >= 15 is 0 Å². The molecule has 0 saturated heterocycles. The maximum absolute atomic E-state index is 12.1. The third-order valence-corrected chi connectivity index (χ3v) is 5.38. The third kappa shape index (κ3) is 4.15. The van der Waals surface area contributed by atoms with E-state index in [1.807, 2.05) is 0 Å². The van der Waals surface area contributed by atoms with Crippen LogP contribution in [0.4, 0.5) is 0 Å². The molecule has 1 rings (SSSR count). The minimum absolute atomic E-state index is 0.138. The van der Waals surface area contributed by atoms with Crippen LogP contribution in [0.15, 0.2) is 0 Å². The first kappa shape index (κ1) is 16.4. The zero-order valence-corrected chi connectivity index (χ0v) is 12.6. The molecule has 112 valence electrons. The molecule has 19 heavy (non-hydrogen) atoms. The Morgan fingerprint density at radius 2 is 2.00 bits per heavy atom. The molecule has 0 aromatic carbocycles. The Bertz CT molecular complexity index is 410. The van der Waals surface area contributed by atoms with Gasteiger partial charge in [0, 0.05) is 26.5 Å². The number of carbonyl (C=O) groups excluding carboxylic acids is 1. The van der Waals surface area contributed by atoms with Crippen LogP contribution in [-0.4, -0.2) is 63.6 Å². The molecule has 0 bridgehead atoms. The molecule has 1 amide bonds. The Balaban J connectivity index is 2.83. The van der Waals surface area contributed by atoms with Crippen molar-refractivity contribution in [2.24, 2.45) is 5.73 Å². The van der Waals surface area contributed by atoms with Crippen molar-refractivity contribution in [3.05, 3.63) is 0 Å². The fraction of sp³-hybridized carbons (Fsp3) is 0.917. The van der Waals surface area contributed by atoms with E-state index in [0.29, 0.717) is 12.8 Å². The summed E-state index contributed by atoms with van der Waals surface area (Å²) in [6, 6.07) is -1.02. The van der Waals surface area contributed by atoms with Crippen LogP contribution in [0.5, 0.6) is 0 Å². The fourth-order valence-corrected chi connectivity index (χ4v) is 4.18. The van der Waals surface area contributed by atoms with Crippen molar-refractivity contribution in [2.75, 3.05) is 27.0 Å². The number of ether oxygens (including phenoxy) is 1. The number of nitrogens with zero attached hydrogens (tertiary/aromatic N) is 1. The highest BCUT2D eigenvalue weighted by molar-refractivity contribution is 7.91. The van der Waals surface area contributed by atoms with Gasteiger partial charge in [0.15, 0.2) is 9.84 Å². The first-order valence-corrected chi connectivity index (χ1v) is 8.44. The van der Waals surface area contributed by atoms with Crippen molar-refractivity contribution in [2.45, 2.75) is 43.0 Å². The zero-order chi connectivity index (χ0) is 14.6. The van der Waals surface area contributed by atoms with Gasteiger partial charge >= 0.3 is 0 Å². The molecule has 6 nitrogen and oxygen atoms in total. The fourth-order valence-electron chi connectivity index (χ4n) is 2.70. The van der Waals surface area contributed by atoms with Gasteiger partial charge in [0.2, 0.25) is 5.91 Å². The van der Waals surface area contributed by atoms with Gasteiger partial charge < -0.3 is 15.4 Å². The molecule has 3 unspecified atom stereocenters. The molecule has 0 radical (unpaired) electrons. The van der Waals surface area contributed by atoms with E-state index in [1.54, 1.807) is 7.05 Å². The Morgan fingerprint density at radius 1 is 1.42 bits per heavy atom. The van der Waals surface area contributed by atoms with Crippen LogP contribution in [0.3, 0.4) is 0 Å². The van der Waals surface area contributed by atoms with Gasteiger partial charge in [0.05, 0.1) is 11.9 Å². The highest BCUT2D eigenvalue weighted by Gasteiger charge is 2.37. The van der Waals surface area contributed by atoms with Crippen LogP contribution in [-0.2, 0) is 19.4 Å². The number of amides is 1. The molecule has 1 aliphatic rings. The zero-order valence-electron chi connectivity index (χ0n) is 11.8. The van der Waals surface area contributed by atoms with Gasteiger partial charge in [0.1, 0.15) is 6.04 Å². The molecule has 0 aliphatic heterocycles. The average Bonchev–Trinajstić information content (AvgIpc) is 2.36. The maximum atomic E-state index is 12.1. The Hall–Kier alpha value is -0.660. The molecule has 1 fully saturated rings. The second-order valence-corrected chi connectivity index (χ2v) is 7.50. The van der Waals surface area contributed by atoms with E-state index in [0.717, 1.165) is 12.8 Å². The normalized spacial score (nSPS) is 25.9. The van der Waals surface area contributed by atoms with E-state index < -0.39 is 21.1 Å². The predicted octanol–water partition coefficient (Wildman–Crippen LogP) is -0.226. The van der Waals surface area contributed by atoms with Crippen molar-refractivity contribution in [1.29, 1.82) is 0 Å². The number of sulfone groups is 1. The van der Waals surface area contributed by atoms with E-state index in [-0.39, 0.29) is 18.6 Å². The van der Waals surface area contributed by atoms with Crippen LogP contribution >= 0.6 is 0 Å². The van der Waals surface area contributed by atoms with Crippen LogP contribution in [0.2, 0.25) is 0 Å². The predicted molar refractivity (Wildman–Crippen MR) is 73.5 cm³/mol. The quantitative estimate of drug-likeness (QED) is 0.756. The van der Waals surface area contributed by atoms with Gasteiger partial charge in [-0.25, -0.2) is 8.42 Å². The van der Waals surface area contributed by atoms with Gasteiger partial charge in [-0.1, -0.05) is 12.8 Å². The number of nitrogens with two attached hydrogens (primary N) is 1.